The molecule has 43 heavy (non-hydrogen) atoms. The molecule has 0 amide bonds. The lowest BCUT2D eigenvalue weighted by molar-refractivity contribution is -0.142. The molecule has 256 valence electrons. The number of carbonyl (C=O) groups is 2. The van der Waals surface area contributed by atoms with Gasteiger partial charge in [-0.25, -0.2) is 0 Å². The molecule has 2 N–H and O–H groups in total. The highest BCUT2D eigenvalue weighted by atomic mass is 16.4. The standard InChI is InChI=1S/C39H76O4/c1-2-3-4-5-6-22-25-28-31-34-37(39(42)43)35-32-29-26-23-20-18-16-14-12-10-8-7-9-11-13-15-17-19-21-24-27-30-33-36-38(40)41/h37H,2-36H2,1H3,(H,40,41)(H,42,43). The van der Waals surface area contributed by atoms with Crippen molar-refractivity contribution in [2.75, 3.05) is 0 Å². The lowest BCUT2D eigenvalue weighted by Crippen LogP contribution is -2.13. The van der Waals surface area contributed by atoms with Gasteiger partial charge in [-0.3, -0.25) is 9.59 Å². The molecule has 0 aliphatic carbocycles. The summed E-state index contributed by atoms with van der Waals surface area (Å²) < 4.78 is 0. The van der Waals surface area contributed by atoms with Crippen molar-refractivity contribution in [3.63, 3.8) is 0 Å². The van der Waals surface area contributed by atoms with E-state index in [1.54, 1.807) is 0 Å². The van der Waals surface area contributed by atoms with E-state index in [1.165, 1.54) is 180 Å². The predicted molar refractivity (Wildman–Crippen MR) is 186 cm³/mol. The van der Waals surface area contributed by atoms with Crippen molar-refractivity contribution in [2.24, 2.45) is 5.92 Å². The minimum Gasteiger partial charge on any atom is -0.481 e. The third kappa shape index (κ3) is 35.3. The Balaban J connectivity index is 3.29. The molecule has 0 radical (unpaired) electrons. The highest BCUT2D eigenvalue weighted by molar-refractivity contribution is 5.69. The Kier molecular flexibility index (Phi) is 34.5. The summed E-state index contributed by atoms with van der Waals surface area (Å²) in [6, 6.07) is 0. The number of carboxylic acids is 2. The van der Waals surface area contributed by atoms with Gasteiger partial charge in [0.05, 0.1) is 5.92 Å². The molecule has 0 aromatic carbocycles. The summed E-state index contributed by atoms with van der Waals surface area (Å²) in [4.78, 5) is 22.1. The molecule has 0 aromatic heterocycles. The predicted octanol–water partition coefficient (Wildman–Crippen LogP) is 13.4. The zero-order chi connectivity index (χ0) is 31.5. The summed E-state index contributed by atoms with van der Waals surface area (Å²) >= 11 is 0. The quantitative estimate of drug-likeness (QED) is 0.0688. The first-order chi connectivity index (χ1) is 21.1. The summed E-state index contributed by atoms with van der Waals surface area (Å²) in [5.41, 5.74) is 0. The van der Waals surface area contributed by atoms with Crippen LogP contribution in [-0.4, -0.2) is 22.2 Å². The first kappa shape index (κ1) is 41.9. The third-order valence-electron chi connectivity index (χ3n) is 9.45. The van der Waals surface area contributed by atoms with E-state index in [0.29, 0.717) is 6.42 Å². The molecule has 0 bridgehead atoms. The molecular formula is C39H76O4. The number of carboxylic acid groups (broad SMARTS) is 2. The van der Waals surface area contributed by atoms with Crippen molar-refractivity contribution in [1.82, 2.24) is 0 Å². The van der Waals surface area contributed by atoms with E-state index in [9.17, 15) is 14.7 Å². The number of hydrogen-bond acceptors (Lipinski definition) is 2. The van der Waals surface area contributed by atoms with Crippen LogP contribution in [0.2, 0.25) is 0 Å². The van der Waals surface area contributed by atoms with Crippen LogP contribution in [0.25, 0.3) is 0 Å². The number of rotatable bonds is 37. The molecule has 0 aromatic rings. The molecule has 1 unspecified atom stereocenters. The zero-order valence-electron chi connectivity index (χ0n) is 29.0. The Hall–Kier alpha value is -1.06. The number of unbranched alkanes of at least 4 members (excludes halogenated alkanes) is 30. The summed E-state index contributed by atoms with van der Waals surface area (Å²) in [5, 5.41) is 18.2. The molecule has 0 aliphatic rings. The van der Waals surface area contributed by atoms with Gasteiger partial charge < -0.3 is 10.2 Å². The normalized spacial score (nSPS) is 12.1. The van der Waals surface area contributed by atoms with Crippen LogP contribution in [0.1, 0.15) is 232 Å². The van der Waals surface area contributed by atoms with Crippen LogP contribution < -0.4 is 0 Å². The zero-order valence-corrected chi connectivity index (χ0v) is 29.0. The molecule has 0 saturated heterocycles. The summed E-state index contributed by atoms with van der Waals surface area (Å²) in [5.74, 6) is -1.34. The van der Waals surface area contributed by atoms with Gasteiger partial charge in [-0.1, -0.05) is 206 Å². The average molecular weight is 609 g/mol. The second-order valence-electron chi connectivity index (χ2n) is 13.7. The van der Waals surface area contributed by atoms with E-state index in [-0.39, 0.29) is 5.92 Å². The van der Waals surface area contributed by atoms with Crippen LogP contribution in [0.5, 0.6) is 0 Å². The van der Waals surface area contributed by atoms with Gasteiger partial charge in [-0.2, -0.15) is 0 Å². The van der Waals surface area contributed by atoms with E-state index >= 15 is 0 Å². The Bertz CT molecular complexity index is 576. The largest absolute Gasteiger partial charge is 0.481 e. The second-order valence-corrected chi connectivity index (χ2v) is 13.7. The Morgan fingerprint density at radius 1 is 0.372 bits per heavy atom. The van der Waals surface area contributed by atoms with E-state index < -0.39 is 11.9 Å². The molecule has 0 fully saturated rings. The van der Waals surface area contributed by atoms with Crippen molar-refractivity contribution >= 4 is 11.9 Å². The van der Waals surface area contributed by atoms with Crippen LogP contribution in [0.15, 0.2) is 0 Å². The fraction of sp³-hybridized carbons (Fsp3) is 0.949. The first-order valence-corrected chi connectivity index (χ1v) is 19.5. The van der Waals surface area contributed by atoms with Gasteiger partial charge in [-0.05, 0) is 19.3 Å². The highest BCUT2D eigenvalue weighted by Gasteiger charge is 2.16. The fourth-order valence-corrected chi connectivity index (χ4v) is 6.47. The molecule has 4 nitrogen and oxygen atoms in total. The molecule has 0 aliphatic heterocycles. The van der Waals surface area contributed by atoms with Crippen molar-refractivity contribution in [3.05, 3.63) is 0 Å². The summed E-state index contributed by atoms with van der Waals surface area (Å²) in [6.45, 7) is 2.26. The van der Waals surface area contributed by atoms with E-state index in [2.05, 4.69) is 6.92 Å². The first-order valence-electron chi connectivity index (χ1n) is 19.5. The summed E-state index contributed by atoms with van der Waals surface area (Å²) in [7, 11) is 0. The minimum absolute atomic E-state index is 0.111. The van der Waals surface area contributed by atoms with E-state index in [4.69, 9.17) is 5.11 Å². The van der Waals surface area contributed by atoms with Crippen molar-refractivity contribution in [3.8, 4) is 0 Å². The van der Waals surface area contributed by atoms with Crippen LogP contribution >= 0.6 is 0 Å². The molecule has 4 heteroatoms. The Morgan fingerprint density at radius 2 is 0.605 bits per heavy atom. The maximum absolute atomic E-state index is 11.6. The topological polar surface area (TPSA) is 74.6 Å². The minimum atomic E-state index is -0.658. The third-order valence-corrected chi connectivity index (χ3v) is 9.45. The van der Waals surface area contributed by atoms with E-state index in [0.717, 1.165) is 38.5 Å². The van der Waals surface area contributed by atoms with Crippen LogP contribution in [0, 0.1) is 5.92 Å². The van der Waals surface area contributed by atoms with Gasteiger partial charge in [-0.15, -0.1) is 0 Å². The molecule has 0 rings (SSSR count). The van der Waals surface area contributed by atoms with Crippen molar-refractivity contribution in [2.45, 2.75) is 232 Å². The molecule has 1 atom stereocenters. The van der Waals surface area contributed by atoms with Crippen LogP contribution in [0.3, 0.4) is 0 Å². The van der Waals surface area contributed by atoms with Gasteiger partial charge in [0.25, 0.3) is 0 Å². The maximum atomic E-state index is 11.6. The number of hydrogen-bond donors (Lipinski definition) is 2. The van der Waals surface area contributed by atoms with Crippen LogP contribution in [0.4, 0.5) is 0 Å². The number of aliphatic carboxylic acids is 2. The van der Waals surface area contributed by atoms with Crippen molar-refractivity contribution < 1.29 is 19.8 Å². The monoisotopic (exact) mass is 609 g/mol. The maximum Gasteiger partial charge on any atom is 0.306 e. The van der Waals surface area contributed by atoms with Crippen molar-refractivity contribution in [1.29, 1.82) is 0 Å². The Morgan fingerprint density at radius 3 is 0.837 bits per heavy atom. The molecule has 0 heterocycles. The molecular weight excluding hydrogens is 532 g/mol. The lowest BCUT2D eigenvalue weighted by Gasteiger charge is -2.12. The lowest BCUT2D eigenvalue weighted by atomic mass is 9.94. The van der Waals surface area contributed by atoms with Gasteiger partial charge in [0.15, 0.2) is 0 Å². The highest BCUT2D eigenvalue weighted by Crippen LogP contribution is 2.20. The van der Waals surface area contributed by atoms with Gasteiger partial charge in [0.1, 0.15) is 0 Å². The van der Waals surface area contributed by atoms with E-state index in [1.807, 2.05) is 0 Å². The second kappa shape index (κ2) is 35.4. The van der Waals surface area contributed by atoms with Crippen LogP contribution in [-0.2, 0) is 9.59 Å². The average Bonchev–Trinajstić information content (AvgIpc) is 2.98. The van der Waals surface area contributed by atoms with Gasteiger partial charge in [0.2, 0.25) is 0 Å². The summed E-state index contributed by atoms with van der Waals surface area (Å²) in [6.07, 6.45) is 43.9. The molecule has 0 spiro atoms. The molecule has 0 saturated carbocycles. The van der Waals surface area contributed by atoms with Gasteiger partial charge >= 0.3 is 11.9 Å². The fourth-order valence-electron chi connectivity index (χ4n) is 6.47. The Labute approximate surface area is 269 Å². The SMILES string of the molecule is CCCCCCCCCCCC(CCCCCCCCCCCCCCCCCCCCCCCCCC(=O)O)C(=O)O. The van der Waals surface area contributed by atoms with Gasteiger partial charge in [0, 0.05) is 6.42 Å². The smallest absolute Gasteiger partial charge is 0.306 e.